The van der Waals surface area contributed by atoms with E-state index in [1.165, 1.54) is 39.5 Å². The number of rotatable bonds is 6. The fraction of sp³-hybridized carbons (Fsp3) is 0.304. The van der Waals surface area contributed by atoms with E-state index in [2.05, 4.69) is 15.7 Å². The zero-order chi connectivity index (χ0) is 25.3. The highest BCUT2D eigenvalue weighted by Crippen LogP contribution is 2.44. The second kappa shape index (κ2) is 9.57. The van der Waals surface area contributed by atoms with Crippen LogP contribution in [0.4, 0.5) is 24.7 Å². The monoisotopic (exact) mass is 510 g/mol. The average molecular weight is 511 g/mol. The maximum Gasteiger partial charge on any atom is 0.410 e. The smallest absolute Gasteiger partial charge is 0.410 e. The Morgan fingerprint density at radius 3 is 2.26 bits per heavy atom. The summed E-state index contributed by atoms with van der Waals surface area (Å²) in [6, 6.07) is 8.29. The van der Waals surface area contributed by atoms with Gasteiger partial charge < -0.3 is 24.8 Å². The second-order valence-corrected chi connectivity index (χ2v) is 8.21. The Labute approximate surface area is 203 Å². The summed E-state index contributed by atoms with van der Waals surface area (Å²) < 4.78 is 58.3. The fourth-order valence-corrected chi connectivity index (χ4v) is 4.07. The van der Waals surface area contributed by atoms with Gasteiger partial charge in [0.05, 0.1) is 27.4 Å². The number of methoxy groups -OCH3 is 3. The van der Waals surface area contributed by atoms with E-state index in [4.69, 9.17) is 25.8 Å². The fourth-order valence-electron chi connectivity index (χ4n) is 3.95. The predicted molar refractivity (Wildman–Crippen MR) is 124 cm³/mol. The van der Waals surface area contributed by atoms with Crippen LogP contribution in [0, 0.1) is 0 Å². The van der Waals surface area contributed by atoms with Gasteiger partial charge >= 0.3 is 6.18 Å². The molecule has 186 valence electrons. The van der Waals surface area contributed by atoms with Crippen molar-refractivity contribution in [2.75, 3.05) is 32.0 Å². The van der Waals surface area contributed by atoms with Gasteiger partial charge in [-0.2, -0.15) is 18.3 Å². The number of aromatic nitrogens is 2. The summed E-state index contributed by atoms with van der Waals surface area (Å²) in [5.74, 6) is 0.309. The van der Waals surface area contributed by atoms with Crippen LogP contribution in [0.5, 0.6) is 17.2 Å². The number of anilines is 2. The lowest BCUT2D eigenvalue weighted by molar-refractivity contribution is -0.173. The molecule has 1 aromatic heterocycles. The number of carbonyl (C=O) groups is 1. The number of halogens is 4. The molecule has 0 saturated carbocycles. The molecule has 8 nitrogen and oxygen atoms in total. The van der Waals surface area contributed by atoms with Crippen molar-refractivity contribution in [2.45, 2.75) is 24.7 Å². The van der Waals surface area contributed by atoms with Crippen LogP contribution in [0.25, 0.3) is 0 Å². The normalized spacial score (nSPS) is 17.2. The van der Waals surface area contributed by atoms with Crippen molar-refractivity contribution in [2.24, 2.45) is 0 Å². The van der Waals surface area contributed by atoms with Crippen molar-refractivity contribution in [3.05, 3.63) is 58.7 Å². The molecule has 0 spiro atoms. The molecule has 2 atom stereocenters. The van der Waals surface area contributed by atoms with Crippen LogP contribution in [0.15, 0.2) is 42.5 Å². The molecule has 1 aliphatic heterocycles. The molecule has 0 fully saturated rings. The number of alkyl halides is 3. The largest absolute Gasteiger partial charge is 0.493 e. The topological polar surface area (TPSA) is 86.6 Å². The van der Waals surface area contributed by atoms with Crippen LogP contribution in [0.2, 0.25) is 5.02 Å². The minimum absolute atomic E-state index is 0.0774. The second-order valence-electron chi connectivity index (χ2n) is 7.77. The van der Waals surface area contributed by atoms with Crippen molar-refractivity contribution >= 4 is 29.0 Å². The van der Waals surface area contributed by atoms with E-state index in [0.717, 1.165) is 4.68 Å². The lowest BCUT2D eigenvalue weighted by Gasteiger charge is -2.33. The standard InChI is InChI=1S/C23H22ClF3N4O4/c1-33-17-8-14(9-18(34-2)21(17)35-3)28-22(32)16-11-20-29-15(12-4-6-13(24)7-5-12)10-19(23(25,26)27)31(20)30-16/h4-9,11,15,19,29H,10H2,1-3H3,(H,28,32). The van der Waals surface area contributed by atoms with Gasteiger partial charge in [0.15, 0.2) is 23.2 Å². The SMILES string of the molecule is COc1cc(NC(=O)c2cc3n(n2)C(C(F)(F)F)CC(c2ccc(Cl)cc2)N3)cc(OC)c1OC. The van der Waals surface area contributed by atoms with Crippen molar-refractivity contribution in [1.82, 2.24) is 9.78 Å². The number of hydrogen-bond donors (Lipinski definition) is 2. The van der Waals surface area contributed by atoms with E-state index < -0.39 is 24.2 Å². The van der Waals surface area contributed by atoms with E-state index in [9.17, 15) is 18.0 Å². The number of hydrogen-bond acceptors (Lipinski definition) is 6. The first-order valence-corrected chi connectivity index (χ1v) is 10.8. The Hall–Kier alpha value is -3.60. The van der Waals surface area contributed by atoms with Gasteiger partial charge in [-0.05, 0) is 17.7 Å². The van der Waals surface area contributed by atoms with Crippen molar-refractivity contribution < 1.29 is 32.2 Å². The molecule has 1 aliphatic rings. The molecular weight excluding hydrogens is 489 g/mol. The maximum atomic E-state index is 13.9. The van der Waals surface area contributed by atoms with Crippen LogP contribution >= 0.6 is 11.6 Å². The summed E-state index contributed by atoms with van der Waals surface area (Å²) in [7, 11) is 4.29. The number of benzene rings is 2. The number of fused-ring (bicyclic) bond motifs is 1. The number of carbonyl (C=O) groups excluding carboxylic acids is 1. The number of nitrogens with zero attached hydrogens (tertiary/aromatic N) is 2. The van der Waals surface area contributed by atoms with Crippen LogP contribution in [0.1, 0.15) is 34.6 Å². The summed E-state index contributed by atoms with van der Waals surface area (Å²) in [5.41, 5.74) is 0.738. The van der Waals surface area contributed by atoms with Gasteiger partial charge in [0.2, 0.25) is 5.75 Å². The molecule has 0 saturated heterocycles. The Bertz CT molecular complexity index is 1210. The number of amides is 1. The van der Waals surface area contributed by atoms with E-state index in [1.54, 1.807) is 24.3 Å². The highest BCUT2D eigenvalue weighted by Gasteiger charge is 2.46. The van der Waals surface area contributed by atoms with Crippen LogP contribution in [0.3, 0.4) is 0 Å². The number of ether oxygens (including phenoxy) is 3. The van der Waals surface area contributed by atoms with Gasteiger partial charge in [0.1, 0.15) is 5.82 Å². The quantitative estimate of drug-likeness (QED) is 0.457. The molecule has 0 bridgehead atoms. The number of nitrogens with one attached hydrogen (secondary N) is 2. The first kappa shape index (κ1) is 24.5. The minimum Gasteiger partial charge on any atom is -0.493 e. The van der Waals surface area contributed by atoms with E-state index in [0.29, 0.717) is 27.8 Å². The van der Waals surface area contributed by atoms with Gasteiger partial charge in [0, 0.05) is 35.3 Å². The summed E-state index contributed by atoms with van der Waals surface area (Å²) in [6.45, 7) is 0. The Morgan fingerprint density at radius 2 is 1.71 bits per heavy atom. The summed E-state index contributed by atoms with van der Waals surface area (Å²) in [5, 5.41) is 10.1. The summed E-state index contributed by atoms with van der Waals surface area (Å²) in [4.78, 5) is 12.9. The first-order valence-electron chi connectivity index (χ1n) is 10.4. The van der Waals surface area contributed by atoms with Crippen molar-refractivity contribution in [3.8, 4) is 17.2 Å². The van der Waals surface area contributed by atoms with E-state index in [-0.39, 0.29) is 23.6 Å². The zero-order valence-corrected chi connectivity index (χ0v) is 19.7. The third-order valence-corrected chi connectivity index (χ3v) is 5.87. The average Bonchev–Trinajstić information content (AvgIpc) is 3.27. The van der Waals surface area contributed by atoms with Crippen molar-refractivity contribution in [1.29, 1.82) is 0 Å². The van der Waals surface area contributed by atoms with Gasteiger partial charge in [0.25, 0.3) is 5.91 Å². The van der Waals surface area contributed by atoms with Crippen molar-refractivity contribution in [3.63, 3.8) is 0 Å². The van der Waals surface area contributed by atoms with Gasteiger partial charge in [-0.25, -0.2) is 4.68 Å². The molecule has 1 amide bonds. The molecule has 0 radical (unpaired) electrons. The minimum atomic E-state index is -4.57. The van der Waals surface area contributed by atoms with Gasteiger partial charge in [-0.15, -0.1) is 0 Å². The maximum absolute atomic E-state index is 13.9. The lowest BCUT2D eigenvalue weighted by Crippen LogP contribution is -2.35. The lowest BCUT2D eigenvalue weighted by atomic mass is 9.97. The van der Waals surface area contributed by atoms with E-state index in [1.807, 2.05) is 0 Å². The summed E-state index contributed by atoms with van der Waals surface area (Å²) in [6.07, 6.45) is -4.87. The van der Waals surface area contributed by atoms with E-state index >= 15 is 0 Å². The zero-order valence-electron chi connectivity index (χ0n) is 18.9. The molecule has 2 heterocycles. The predicted octanol–water partition coefficient (Wildman–Crippen LogP) is 5.47. The molecule has 4 rings (SSSR count). The molecule has 35 heavy (non-hydrogen) atoms. The van der Waals surface area contributed by atoms with Crippen LogP contribution < -0.4 is 24.8 Å². The molecule has 2 aromatic carbocycles. The molecule has 2 N–H and O–H groups in total. The Morgan fingerprint density at radius 1 is 1.09 bits per heavy atom. The molecule has 3 aromatic rings. The Balaban J connectivity index is 1.64. The molecule has 0 aliphatic carbocycles. The highest BCUT2D eigenvalue weighted by atomic mass is 35.5. The van der Waals surface area contributed by atoms with Crippen LogP contribution in [-0.4, -0.2) is 43.2 Å². The van der Waals surface area contributed by atoms with Crippen LogP contribution in [-0.2, 0) is 0 Å². The summed E-state index contributed by atoms with van der Waals surface area (Å²) >= 11 is 5.91. The van der Waals surface area contributed by atoms with Gasteiger partial charge in [-0.3, -0.25) is 4.79 Å². The third-order valence-electron chi connectivity index (χ3n) is 5.62. The molecule has 12 heteroatoms. The molecule has 2 unspecified atom stereocenters. The van der Waals surface area contributed by atoms with Gasteiger partial charge in [-0.1, -0.05) is 23.7 Å². The highest BCUT2D eigenvalue weighted by molar-refractivity contribution is 6.30. The third kappa shape index (κ3) is 4.95. The first-order chi connectivity index (χ1) is 16.6. The molecular formula is C23H22ClF3N4O4. The Kier molecular flexibility index (Phi) is 6.70.